The van der Waals surface area contributed by atoms with E-state index in [9.17, 15) is 4.39 Å². The lowest BCUT2D eigenvalue weighted by molar-refractivity contribution is 0.176. The summed E-state index contributed by atoms with van der Waals surface area (Å²) >= 11 is 1.85. The Morgan fingerprint density at radius 1 is 1.37 bits per heavy atom. The molecule has 0 amide bonds. The highest BCUT2D eigenvalue weighted by Gasteiger charge is 2.21. The molecule has 0 saturated carbocycles. The molecule has 2 unspecified atom stereocenters. The molecule has 0 heterocycles. The van der Waals surface area contributed by atoms with Gasteiger partial charge >= 0.3 is 0 Å². The van der Waals surface area contributed by atoms with Gasteiger partial charge in [0.2, 0.25) is 0 Å². The average molecular weight is 284 g/mol. The molecule has 4 heteroatoms. The van der Waals surface area contributed by atoms with Crippen molar-refractivity contribution in [3.05, 3.63) is 35.6 Å². The van der Waals surface area contributed by atoms with Crippen LogP contribution in [0.15, 0.2) is 24.3 Å². The van der Waals surface area contributed by atoms with Crippen LogP contribution in [-0.2, 0) is 0 Å². The lowest BCUT2D eigenvalue weighted by Gasteiger charge is -2.33. The Labute approximate surface area is 120 Å². The molecule has 0 aliphatic carbocycles. The number of thioether (sulfide) groups is 1. The summed E-state index contributed by atoms with van der Waals surface area (Å²) in [6.45, 7) is 2.65. The summed E-state index contributed by atoms with van der Waals surface area (Å²) in [5, 5.41) is 0. The molecule has 1 rings (SSSR count). The second-order valence-corrected chi connectivity index (χ2v) is 5.87. The van der Waals surface area contributed by atoms with Crippen molar-refractivity contribution in [3.8, 4) is 0 Å². The molecule has 0 aliphatic rings. The number of nitrogens with zero attached hydrogens (tertiary/aromatic N) is 1. The van der Waals surface area contributed by atoms with Crippen molar-refractivity contribution >= 4 is 11.8 Å². The fourth-order valence-corrected chi connectivity index (χ4v) is 2.76. The van der Waals surface area contributed by atoms with Gasteiger partial charge in [-0.2, -0.15) is 11.8 Å². The third-order valence-electron chi connectivity index (χ3n) is 3.70. The summed E-state index contributed by atoms with van der Waals surface area (Å²) in [6, 6.07) is 7.33. The zero-order chi connectivity index (χ0) is 14.3. The van der Waals surface area contributed by atoms with Crippen LogP contribution in [0.25, 0.3) is 0 Å². The number of nitrogens with two attached hydrogens (primary N) is 1. The maximum Gasteiger partial charge on any atom is 0.127 e. The van der Waals surface area contributed by atoms with Crippen LogP contribution >= 0.6 is 11.8 Å². The van der Waals surface area contributed by atoms with Crippen molar-refractivity contribution < 1.29 is 4.39 Å². The molecule has 0 saturated heterocycles. The topological polar surface area (TPSA) is 29.3 Å². The summed E-state index contributed by atoms with van der Waals surface area (Å²) in [6.07, 6.45) is 4.33. The highest BCUT2D eigenvalue weighted by molar-refractivity contribution is 7.98. The zero-order valence-corrected chi connectivity index (χ0v) is 12.9. The van der Waals surface area contributed by atoms with Crippen LogP contribution in [0.3, 0.4) is 0 Å². The summed E-state index contributed by atoms with van der Waals surface area (Å²) in [5.41, 5.74) is 6.61. The van der Waals surface area contributed by atoms with Crippen LogP contribution in [0, 0.1) is 5.82 Å². The molecule has 2 N–H and O–H groups in total. The molecule has 108 valence electrons. The summed E-state index contributed by atoms with van der Waals surface area (Å²) in [5.74, 6) is 1.01. The van der Waals surface area contributed by atoms with Crippen LogP contribution in [0.2, 0.25) is 0 Å². The SMILES string of the molecule is CSCCCC(CN)N(C)C(C)c1ccccc1F. The standard InChI is InChI=1S/C15H25FN2S/c1-12(14-8-4-5-9-15(14)16)18(2)13(11-17)7-6-10-19-3/h4-5,8-9,12-13H,6-7,10-11,17H2,1-3H3. The third kappa shape index (κ3) is 4.79. The molecule has 19 heavy (non-hydrogen) atoms. The first-order valence-corrected chi connectivity index (χ1v) is 8.16. The van der Waals surface area contributed by atoms with Gasteiger partial charge in [-0.15, -0.1) is 0 Å². The van der Waals surface area contributed by atoms with Gasteiger partial charge in [-0.3, -0.25) is 4.90 Å². The molecule has 2 atom stereocenters. The van der Waals surface area contributed by atoms with E-state index in [1.165, 1.54) is 6.07 Å². The lowest BCUT2D eigenvalue weighted by Crippen LogP contribution is -2.39. The molecule has 0 radical (unpaired) electrons. The minimum absolute atomic E-state index is 0.0454. The van der Waals surface area contributed by atoms with E-state index >= 15 is 0 Å². The number of likely N-dealkylation sites (N-methyl/N-ethyl adjacent to an activating group) is 1. The predicted octanol–water partition coefficient (Wildman–Crippen LogP) is 3.29. The molecule has 0 aromatic heterocycles. The van der Waals surface area contributed by atoms with Gasteiger partial charge in [0.15, 0.2) is 0 Å². The summed E-state index contributed by atoms with van der Waals surface area (Å²) < 4.78 is 13.8. The van der Waals surface area contributed by atoms with E-state index < -0.39 is 0 Å². The second kappa shape index (κ2) is 8.56. The Morgan fingerprint density at radius 3 is 2.63 bits per heavy atom. The molecule has 0 fully saturated rings. The Hall–Kier alpha value is -0.580. The molecule has 1 aromatic carbocycles. The molecule has 1 aromatic rings. The maximum atomic E-state index is 13.8. The minimum Gasteiger partial charge on any atom is -0.329 e. The van der Waals surface area contributed by atoms with Crippen molar-refractivity contribution in [1.29, 1.82) is 0 Å². The highest BCUT2D eigenvalue weighted by atomic mass is 32.2. The van der Waals surface area contributed by atoms with Crippen molar-refractivity contribution in [2.24, 2.45) is 5.73 Å². The molecule has 0 aliphatic heterocycles. The van der Waals surface area contributed by atoms with E-state index in [0.29, 0.717) is 12.6 Å². The Bertz CT molecular complexity index is 373. The third-order valence-corrected chi connectivity index (χ3v) is 4.40. The van der Waals surface area contributed by atoms with Gasteiger partial charge in [0, 0.05) is 24.2 Å². The van der Waals surface area contributed by atoms with Crippen molar-refractivity contribution in [1.82, 2.24) is 4.90 Å². The van der Waals surface area contributed by atoms with Crippen molar-refractivity contribution in [3.63, 3.8) is 0 Å². The Morgan fingerprint density at radius 2 is 2.05 bits per heavy atom. The van der Waals surface area contributed by atoms with E-state index in [4.69, 9.17) is 5.73 Å². The van der Waals surface area contributed by atoms with E-state index in [0.717, 1.165) is 24.2 Å². The smallest absolute Gasteiger partial charge is 0.127 e. The zero-order valence-electron chi connectivity index (χ0n) is 12.1. The van der Waals surface area contributed by atoms with Crippen LogP contribution in [0.5, 0.6) is 0 Å². The second-order valence-electron chi connectivity index (χ2n) is 4.89. The molecule has 2 nitrogen and oxygen atoms in total. The fourth-order valence-electron chi connectivity index (χ4n) is 2.30. The van der Waals surface area contributed by atoms with Crippen molar-refractivity contribution in [2.45, 2.75) is 31.8 Å². The maximum absolute atomic E-state index is 13.8. The van der Waals surface area contributed by atoms with E-state index in [1.54, 1.807) is 6.07 Å². The number of rotatable bonds is 8. The quantitative estimate of drug-likeness (QED) is 0.743. The van der Waals surface area contributed by atoms with Crippen LogP contribution in [0.4, 0.5) is 4.39 Å². The van der Waals surface area contributed by atoms with Gasteiger partial charge in [-0.1, -0.05) is 18.2 Å². The van der Waals surface area contributed by atoms with Crippen LogP contribution in [-0.4, -0.2) is 36.5 Å². The predicted molar refractivity (Wildman–Crippen MR) is 83.0 cm³/mol. The van der Waals surface area contributed by atoms with Crippen LogP contribution < -0.4 is 5.73 Å². The number of benzene rings is 1. The lowest BCUT2D eigenvalue weighted by atomic mass is 10.0. The number of hydrogen-bond donors (Lipinski definition) is 1. The largest absolute Gasteiger partial charge is 0.329 e. The highest BCUT2D eigenvalue weighted by Crippen LogP contribution is 2.24. The average Bonchev–Trinajstić information content (AvgIpc) is 2.43. The number of halogens is 1. The van der Waals surface area contributed by atoms with Gasteiger partial charge in [0.05, 0.1) is 0 Å². The van der Waals surface area contributed by atoms with Gasteiger partial charge < -0.3 is 5.73 Å². The van der Waals surface area contributed by atoms with Gasteiger partial charge in [0.1, 0.15) is 5.82 Å². The number of hydrogen-bond acceptors (Lipinski definition) is 3. The van der Waals surface area contributed by atoms with Crippen molar-refractivity contribution in [2.75, 3.05) is 25.6 Å². The van der Waals surface area contributed by atoms with Gasteiger partial charge in [-0.05, 0) is 44.9 Å². The first-order valence-electron chi connectivity index (χ1n) is 6.77. The molecule has 0 bridgehead atoms. The van der Waals surface area contributed by atoms with E-state index in [2.05, 4.69) is 11.2 Å². The van der Waals surface area contributed by atoms with E-state index in [1.807, 2.05) is 37.9 Å². The molecule has 0 spiro atoms. The first kappa shape index (κ1) is 16.5. The summed E-state index contributed by atoms with van der Waals surface area (Å²) in [7, 11) is 2.04. The molecular weight excluding hydrogens is 259 g/mol. The fraction of sp³-hybridized carbons (Fsp3) is 0.600. The van der Waals surface area contributed by atoms with Crippen LogP contribution in [0.1, 0.15) is 31.4 Å². The Kier molecular flexibility index (Phi) is 7.42. The normalized spacial score (nSPS) is 14.6. The minimum atomic E-state index is -0.137. The Balaban J connectivity index is 2.68. The molecular formula is C15H25FN2S. The van der Waals surface area contributed by atoms with E-state index in [-0.39, 0.29) is 11.9 Å². The first-order chi connectivity index (χ1) is 9.11. The van der Waals surface area contributed by atoms with Gasteiger partial charge in [0.25, 0.3) is 0 Å². The van der Waals surface area contributed by atoms with Gasteiger partial charge in [-0.25, -0.2) is 4.39 Å². The summed E-state index contributed by atoms with van der Waals surface area (Å²) in [4.78, 5) is 2.19. The monoisotopic (exact) mass is 284 g/mol.